The van der Waals surface area contributed by atoms with Crippen molar-refractivity contribution in [2.45, 2.75) is 44.0 Å². The Morgan fingerprint density at radius 3 is 2.16 bits per heavy atom. The normalized spacial score (nSPS) is 12.6. The summed E-state index contributed by atoms with van der Waals surface area (Å²) in [5.74, 6) is -0.000357. The van der Waals surface area contributed by atoms with Gasteiger partial charge in [0.05, 0.1) is 10.9 Å². The molecule has 134 valence electrons. The Morgan fingerprint density at radius 1 is 1.04 bits per heavy atom. The van der Waals surface area contributed by atoms with Gasteiger partial charge in [-0.05, 0) is 43.0 Å². The van der Waals surface area contributed by atoms with E-state index in [1.807, 2.05) is 38.1 Å². The maximum Gasteiger partial charge on any atom is 0.220 e. The molecule has 0 spiro atoms. The molecule has 0 aromatic heterocycles. The fraction of sp³-hybridized carbons (Fsp3) is 0.350. The van der Waals surface area contributed by atoms with Crippen molar-refractivity contribution in [2.24, 2.45) is 0 Å². The summed E-state index contributed by atoms with van der Waals surface area (Å²) in [6, 6.07) is 14.8. The predicted molar refractivity (Wildman–Crippen MR) is 100 cm³/mol. The van der Waals surface area contributed by atoms with Crippen LogP contribution in [0.2, 0.25) is 0 Å². The van der Waals surface area contributed by atoms with Crippen molar-refractivity contribution in [3.8, 4) is 0 Å². The molecular formula is C20H25NO3S. The Morgan fingerprint density at radius 2 is 1.64 bits per heavy atom. The summed E-state index contributed by atoms with van der Waals surface area (Å²) in [7, 11) is -3.20. The fourth-order valence-electron chi connectivity index (χ4n) is 2.65. The van der Waals surface area contributed by atoms with E-state index in [-0.39, 0.29) is 16.8 Å². The van der Waals surface area contributed by atoms with E-state index in [2.05, 4.69) is 5.32 Å². The standard InChI is InChI=1S/C20H25NO3S/c1-4-19(17-10-12-18(13-11-17)25(3,23)24)21-20(22)14-9-16-7-5-15(2)6-8-16/h5-8,10-13,19H,4,9,14H2,1-3H3,(H,21,22)/t19-/m1/s1. The van der Waals surface area contributed by atoms with E-state index in [4.69, 9.17) is 0 Å². The molecule has 0 bridgehead atoms. The number of hydrogen-bond donors (Lipinski definition) is 1. The lowest BCUT2D eigenvalue weighted by atomic mass is 10.0. The van der Waals surface area contributed by atoms with Gasteiger partial charge in [-0.15, -0.1) is 0 Å². The summed E-state index contributed by atoms with van der Waals surface area (Å²) in [5, 5.41) is 3.03. The molecule has 2 rings (SSSR count). The Kier molecular flexibility index (Phi) is 6.37. The van der Waals surface area contributed by atoms with Gasteiger partial charge in [0.1, 0.15) is 0 Å². The molecule has 5 heteroatoms. The Hall–Kier alpha value is -2.14. The van der Waals surface area contributed by atoms with E-state index < -0.39 is 9.84 Å². The van der Waals surface area contributed by atoms with Gasteiger partial charge in [0.15, 0.2) is 9.84 Å². The summed E-state index contributed by atoms with van der Waals surface area (Å²) < 4.78 is 23.1. The first kappa shape index (κ1) is 19.2. The van der Waals surface area contributed by atoms with Crippen LogP contribution in [0.3, 0.4) is 0 Å². The van der Waals surface area contributed by atoms with Crippen molar-refractivity contribution in [1.82, 2.24) is 5.32 Å². The Balaban J connectivity index is 1.96. The number of carbonyl (C=O) groups excluding carboxylic acids is 1. The molecule has 1 amide bonds. The van der Waals surface area contributed by atoms with E-state index >= 15 is 0 Å². The second-order valence-corrected chi connectivity index (χ2v) is 8.37. The van der Waals surface area contributed by atoms with Crippen LogP contribution in [0.25, 0.3) is 0 Å². The van der Waals surface area contributed by atoms with Gasteiger partial charge in [-0.2, -0.15) is 0 Å². The highest BCUT2D eigenvalue weighted by atomic mass is 32.2. The lowest BCUT2D eigenvalue weighted by Crippen LogP contribution is -2.28. The van der Waals surface area contributed by atoms with Crippen LogP contribution in [0.15, 0.2) is 53.4 Å². The van der Waals surface area contributed by atoms with Crippen LogP contribution in [0.1, 0.15) is 42.5 Å². The van der Waals surface area contributed by atoms with Crippen LogP contribution < -0.4 is 5.32 Å². The van der Waals surface area contributed by atoms with Crippen molar-refractivity contribution in [1.29, 1.82) is 0 Å². The van der Waals surface area contributed by atoms with E-state index in [1.165, 1.54) is 11.8 Å². The maximum absolute atomic E-state index is 12.2. The molecule has 1 atom stereocenters. The van der Waals surface area contributed by atoms with Crippen molar-refractivity contribution in [2.75, 3.05) is 6.26 Å². The molecule has 2 aromatic rings. The summed E-state index contributed by atoms with van der Waals surface area (Å²) in [6.45, 7) is 4.03. The summed E-state index contributed by atoms with van der Waals surface area (Å²) in [4.78, 5) is 12.5. The second kappa shape index (κ2) is 8.30. The van der Waals surface area contributed by atoms with Crippen LogP contribution >= 0.6 is 0 Å². The lowest BCUT2D eigenvalue weighted by molar-refractivity contribution is -0.121. The van der Waals surface area contributed by atoms with Crippen LogP contribution in [0.5, 0.6) is 0 Å². The molecule has 0 saturated carbocycles. The highest BCUT2D eigenvalue weighted by Crippen LogP contribution is 2.19. The predicted octanol–water partition coefficient (Wildman–Crippen LogP) is 3.60. The highest BCUT2D eigenvalue weighted by Gasteiger charge is 2.14. The zero-order valence-corrected chi connectivity index (χ0v) is 15.8. The third-order valence-corrected chi connectivity index (χ3v) is 5.34. The fourth-order valence-corrected chi connectivity index (χ4v) is 3.28. The molecule has 1 N–H and O–H groups in total. The molecule has 0 aliphatic heterocycles. The van der Waals surface area contributed by atoms with E-state index in [0.29, 0.717) is 12.8 Å². The van der Waals surface area contributed by atoms with Gasteiger partial charge in [-0.3, -0.25) is 4.79 Å². The minimum Gasteiger partial charge on any atom is -0.349 e. The van der Waals surface area contributed by atoms with Crippen molar-refractivity contribution >= 4 is 15.7 Å². The van der Waals surface area contributed by atoms with Gasteiger partial charge in [-0.1, -0.05) is 48.9 Å². The highest BCUT2D eigenvalue weighted by molar-refractivity contribution is 7.90. The average Bonchev–Trinajstić information content (AvgIpc) is 2.58. The molecule has 2 aromatic carbocycles. The number of benzene rings is 2. The summed E-state index contributed by atoms with van der Waals surface area (Å²) >= 11 is 0. The smallest absolute Gasteiger partial charge is 0.220 e. The van der Waals surface area contributed by atoms with E-state index in [0.717, 1.165) is 17.5 Å². The first-order chi connectivity index (χ1) is 11.8. The van der Waals surface area contributed by atoms with Crippen molar-refractivity contribution in [3.05, 3.63) is 65.2 Å². The van der Waals surface area contributed by atoms with E-state index in [1.54, 1.807) is 24.3 Å². The first-order valence-corrected chi connectivity index (χ1v) is 10.3. The zero-order valence-electron chi connectivity index (χ0n) is 15.0. The summed E-state index contributed by atoms with van der Waals surface area (Å²) in [5.41, 5.74) is 3.27. The van der Waals surface area contributed by atoms with Crippen LogP contribution in [-0.2, 0) is 21.1 Å². The Bertz CT molecular complexity index is 809. The third-order valence-electron chi connectivity index (χ3n) is 4.22. The molecular weight excluding hydrogens is 334 g/mol. The number of rotatable bonds is 7. The lowest BCUT2D eigenvalue weighted by Gasteiger charge is -2.18. The zero-order chi connectivity index (χ0) is 18.4. The third kappa shape index (κ3) is 5.71. The largest absolute Gasteiger partial charge is 0.349 e. The molecule has 0 aliphatic carbocycles. The number of hydrogen-bond acceptors (Lipinski definition) is 3. The molecule has 0 heterocycles. The van der Waals surface area contributed by atoms with Gasteiger partial charge >= 0.3 is 0 Å². The number of amides is 1. The average molecular weight is 359 g/mol. The molecule has 25 heavy (non-hydrogen) atoms. The van der Waals surface area contributed by atoms with Gasteiger partial charge in [-0.25, -0.2) is 8.42 Å². The van der Waals surface area contributed by atoms with Gasteiger partial charge in [0.25, 0.3) is 0 Å². The van der Waals surface area contributed by atoms with Crippen LogP contribution in [0.4, 0.5) is 0 Å². The minimum atomic E-state index is -3.20. The van der Waals surface area contributed by atoms with Crippen molar-refractivity contribution in [3.63, 3.8) is 0 Å². The van der Waals surface area contributed by atoms with Crippen LogP contribution in [0, 0.1) is 6.92 Å². The number of aryl methyl sites for hydroxylation is 2. The molecule has 0 fully saturated rings. The maximum atomic E-state index is 12.2. The van der Waals surface area contributed by atoms with Gasteiger partial charge < -0.3 is 5.32 Å². The topological polar surface area (TPSA) is 63.2 Å². The molecule has 0 radical (unpaired) electrons. The SMILES string of the molecule is CC[C@@H](NC(=O)CCc1ccc(C)cc1)c1ccc(S(C)(=O)=O)cc1. The van der Waals surface area contributed by atoms with Crippen LogP contribution in [-0.4, -0.2) is 20.6 Å². The molecule has 4 nitrogen and oxygen atoms in total. The van der Waals surface area contributed by atoms with E-state index in [9.17, 15) is 13.2 Å². The second-order valence-electron chi connectivity index (χ2n) is 6.36. The quantitative estimate of drug-likeness (QED) is 0.821. The number of sulfone groups is 1. The Labute approximate surface area is 150 Å². The number of nitrogens with one attached hydrogen (secondary N) is 1. The molecule has 0 aliphatic rings. The summed E-state index contributed by atoms with van der Waals surface area (Å²) in [6.07, 6.45) is 3.07. The monoisotopic (exact) mass is 359 g/mol. The minimum absolute atomic E-state index is 0.000357. The first-order valence-electron chi connectivity index (χ1n) is 8.44. The number of carbonyl (C=O) groups is 1. The van der Waals surface area contributed by atoms with Crippen molar-refractivity contribution < 1.29 is 13.2 Å². The molecule has 0 saturated heterocycles. The van der Waals surface area contributed by atoms with Gasteiger partial charge in [0.2, 0.25) is 5.91 Å². The van der Waals surface area contributed by atoms with Gasteiger partial charge in [0, 0.05) is 12.7 Å². The molecule has 0 unspecified atom stereocenters.